The van der Waals surface area contributed by atoms with Crippen LogP contribution in [0.3, 0.4) is 0 Å². The molecule has 2 N–H and O–H groups in total. The number of anilines is 1. The molecular weight excluding hydrogens is 364 g/mol. The van der Waals surface area contributed by atoms with Crippen molar-refractivity contribution < 1.29 is 17.9 Å². The molecule has 0 unspecified atom stereocenters. The summed E-state index contributed by atoms with van der Waals surface area (Å²) in [4.78, 5) is 12.1. The summed E-state index contributed by atoms with van der Waals surface area (Å²) in [6, 6.07) is 14.3. The van der Waals surface area contributed by atoms with Gasteiger partial charge in [0.1, 0.15) is 12.4 Å². The highest BCUT2D eigenvalue weighted by molar-refractivity contribution is 7.92. The van der Waals surface area contributed by atoms with Gasteiger partial charge in [0.25, 0.3) is 5.91 Å². The Morgan fingerprint density at radius 3 is 2.26 bits per heavy atom. The standard InChI is InChI=1S/C20H26N2O4S/c1-3-5-16-6-12-19(13-7-16)26-15-14-21-20(23)17-8-10-18(11-9-17)22-27(24,25)4-2/h6-13,22H,3-5,14-15H2,1-2H3,(H,21,23). The van der Waals surface area contributed by atoms with Crippen LogP contribution in [-0.2, 0) is 16.4 Å². The number of ether oxygens (including phenoxy) is 1. The molecule has 0 aliphatic carbocycles. The highest BCUT2D eigenvalue weighted by atomic mass is 32.2. The van der Waals surface area contributed by atoms with Gasteiger partial charge < -0.3 is 10.1 Å². The van der Waals surface area contributed by atoms with Gasteiger partial charge in [0.05, 0.1) is 12.3 Å². The van der Waals surface area contributed by atoms with E-state index in [2.05, 4.69) is 17.0 Å². The molecule has 7 heteroatoms. The van der Waals surface area contributed by atoms with Gasteiger partial charge in [-0.1, -0.05) is 25.5 Å². The Bertz CT molecular complexity index is 831. The average molecular weight is 391 g/mol. The summed E-state index contributed by atoms with van der Waals surface area (Å²) in [7, 11) is -3.32. The molecule has 2 aromatic rings. The van der Waals surface area contributed by atoms with Crippen molar-refractivity contribution in [1.29, 1.82) is 0 Å². The van der Waals surface area contributed by atoms with Crippen LogP contribution >= 0.6 is 0 Å². The number of carbonyl (C=O) groups is 1. The molecule has 2 aromatic carbocycles. The Morgan fingerprint density at radius 2 is 1.67 bits per heavy atom. The summed E-state index contributed by atoms with van der Waals surface area (Å²) >= 11 is 0. The third-order valence-electron chi connectivity index (χ3n) is 3.92. The molecule has 0 aliphatic rings. The second-order valence-electron chi connectivity index (χ2n) is 6.08. The maximum Gasteiger partial charge on any atom is 0.251 e. The summed E-state index contributed by atoms with van der Waals surface area (Å²) in [5.74, 6) is 0.537. The van der Waals surface area contributed by atoms with Gasteiger partial charge in [-0.25, -0.2) is 8.42 Å². The largest absolute Gasteiger partial charge is 0.492 e. The minimum Gasteiger partial charge on any atom is -0.492 e. The quantitative estimate of drug-likeness (QED) is 0.610. The Hall–Kier alpha value is -2.54. The van der Waals surface area contributed by atoms with E-state index in [1.54, 1.807) is 31.2 Å². The van der Waals surface area contributed by atoms with Crippen LogP contribution < -0.4 is 14.8 Å². The second-order valence-corrected chi connectivity index (χ2v) is 8.09. The van der Waals surface area contributed by atoms with Gasteiger partial charge in [0, 0.05) is 11.3 Å². The summed E-state index contributed by atoms with van der Waals surface area (Å²) in [6.07, 6.45) is 2.16. The molecule has 0 aliphatic heterocycles. The first kappa shape index (κ1) is 20.8. The molecule has 0 aromatic heterocycles. The van der Waals surface area contributed by atoms with Gasteiger partial charge in [-0.2, -0.15) is 0 Å². The third kappa shape index (κ3) is 6.94. The van der Waals surface area contributed by atoms with Gasteiger partial charge in [-0.3, -0.25) is 9.52 Å². The topological polar surface area (TPSA) is 84.5 Å². The smallest absolute Gasteiger partial charge is 0.251 e. The van der Waals surface area contributed by atoms with Gasteiger partial charge in [0.15, 0.2) is 0 Å². The Balaban J connectivity index is 1.76. The van der Waals surface area contributed by atoms with E-state index < -0.39 is 10.0 Å². The first-order valence-electron chi connectivity index (χ1n) is 9.04. The SMILES string of the molecule is CCCc1ccc(OCCNC(=O)c2ccc(NS(=O)(=O)CC)cc2)cc1. The van der Waals surface area contributed by atoms with Crippen LogP contribution in [0.25, 0.3) is 0 Å². The molecule has 0 fully saturated rings. The molecule has 0 radical (unpaired) electrons. The lowest BCUT2D eigenvalue weighted by Gasteiger charge is -2.09. The van der Waals surface area contributed by atoms with Crippen molar-refractivity contribution in [2.24, 2.45) is 0 Å². The molecule has 0 heterocycles. The number of hydrogen-bond donors (Lipinski definition) is 2. The maximum absolute atomic E-state index is 12.1. The van der Waals surface area contributed by atoms with Crippen LogP contribution in [0.15, 0.2) is 48.5 Å². The number of carbonyl (C=O) groups excluding carboxylic acids is 1. The summed E-state index contributed by atoms with van der Waals surface area (Å²) in [5.41, 5.74) is 2.17. The molecule has 0 atom stereocenters. The highest BCUT2D eigenvalue weighted by Crippen LogP contribution is 2.13. The molecule has 0 bridgehead atoms. The maximum atomic E-state index is 12.1. The fourth-order valence-electron chi connectivity index (χ4n) is 2.42. The Kier molecular flexibility index (Phi) is 7.67. The van der Waals surface area contributed by atoms with Crippen LogP contribution in [0.2, 0.25) is 0 Å². The van der Waals surface area contributed by atoms with Crippen molar-refractivity contribution >= 4 is 21.6 Å². The predicted molar refractivity (Wildman–Crippen MR) is 108 cm³/mol. The number of sulfonamides is 1. The lowest BCUT2D eigenvalue weighted by molar-refractivity contribution is 0.0947. The zero-order valence-corrected chi connectivity index (χ0v) is 16.5. The van der Waals surface area contributed by atoms with E-state index in [4.69, 9.17) is 4.74 Å². The number of benzene rings is 2. The summed E-state index contributed by atoms with van der Waals surface area (Å²) in [6.45, 7) is 4.45. The summed E-state index contributed by atoms with van der Waals surface area (Å²) in [5, 5.41) is 2.78. The Morgan fingerprint density at radius 1 is 1.00 bits per heavy atom. The van der Waals surface area contributed by atoms with E-state index in [1.807, 2.05) is 24.3 Å². The van der Waals surface area contributed by atoms with Gasteiger partial charge in [0.2, 0.25) is 10.0 Å². The van der Waals surface area contributed by atoms with Crippen molar-refractivity contribution in [2.75, 3.05) is 23.6 Å². The van der Waals surface area contributed by atoms with E-state index in [-0.39, 0.29) is 11.7 Å². The van der Waals surface area contributed by atoms with E-state index in [1.165, 1.54) is 5.56 Å². The number of aryl methyl sites for hydroxylation is 1. The zero-order chi connectivity index (χ0) is 19.7. The first-order chi connectivity index (χ1) is 12.9. The summed E-state index contributed by atoms with van der Waals surface area (Å²) < 4.78 is 31.1. The third-order valence-corrected chi connectivity index (χ3v) is 5.23. The lowest BCUT2D eigenvalue weighted by Crippen LogP contribution is -2.28. The van der Waals surface area contributed by atoms with E-state index in [0.717, 1.165) is 18.6 Å². The van der Waals surface area contributed by atoms with Crippen molar-refractivity contribution in [3.8, 4) is 5.75 Å². The molecule has 2 rings (SSSR count). The van der Waals surface area contributed by atoms with E-state index in [9.17, 15) is 13.2 Å². The minimum atomic E-state index is -3.32. The van der Waals surface area contributed by atoms with Gasteiger partial charge >= 0.3 is 0 Å². The van der Waals surface area contributed by atoms with Crippen LogP contribution in [0.1, 0.15) is 36.2 Å². The normalized spacial score (nSPS) is 11.0. The molecule has 6 nitrogen and oxygen atoms in total. The van der Waals surface area contributed by atoms with Crippen LogP contribution in [0, 0.1) is 0 Å². The number of rotatable bonds is 10. The number of amides is 1. The highest BCUT2D eigenvalue weighted by Gasteiger charge is 2.08. The zero-order valence-electron chi connectivity index (χ0n) is 15.7. The number of hydrogen-bond acceptors (Lipinski definition) is 4. The lowest BCUT2D eigenvalue weighted by atomic mass is 10.1. The fourth-order valence-corrected chi connectivity index (χ4v) is 3.06. The average Bonchev–Trinajstić information content (AvgIpc) is 2.67. The van der Waals surface area contributed by atoms with E-state index >= 15 is 0 Å². The second kappa shape index (κ2) is 9.97. The van der Waals surface area contributed by atoms with Crippen LogP contribution in [0.5, 0.6) is 5.75 Å². The van der Waals surface area contributed by atoms with Crippen LogP contribution in [0.4, 0.5) is 5.69 Å². The van der Waals surface area contributed by atoms with Crippen LogP contribution in [-0.4, -0.2) is 33.2 Å². The molecule has 0 spiro atoms. The van der Waals surface area contributed by atoms with Gasteiger partial charge in [-0.15, -0.1) is 0 Å². The van der Waals surface area contributed by atoms with Crippen molar-refractivity contribution in [3.63, 3.8) is 0 Å². The first-order valence-corrected chi connectivity index (χ1v) is 10.7. The molecule has 0 saturated carbocycles. The molecule has 27 heavy (non-hydrogen) atoms. The number of nitrogens with one attached hydrogen (secondary N) is 2. The van der Waals surface area contributed by atoms with Crippen molar-refractivity contribution in [2.45, 2.75) is 26.7 Å². The molecule has 1 amide bonds. The van der Waals surface area contributed by atoms with Gasteiger partial charge in [-0.05, 0) is 55.3 Å². The Labute approximate surface area is 161 Å². The fraction of sp³-hybridized carbons (Fsp3) is 0.350. The monoisotopic (exact) mass is 390 g/mol. The predicted octanol–water partition coefficient (Wildman–Crippen LogP) is 3.21. The van der Waals surface area contributed by atoms with E-state index in [0.29, 0.717) is 24.4 Å². The molecule has 0 saturated heterocycles. The van der Waals surface area contributed by atoms with Crippen molar-refractivity contribution in [3.05, 3.63) is 59.7 Å². The molecule has 146 valence electrons. The molecular formula is C20H26N2O4S. The minimum absolute atomic E-state index is 0.00340. The van der Waals surface area contributed by atoms with Crippen molar-refractivity contribution in [1.82, 2.24) is 5.32 Å².